The van der Waals surface area contributed by atoms with Crippen LogP contribution in [0.5, 0.6) is 0 Å². The lowest BCUT2D eigenvalue weighted by molar-refractivity contribution is 0.397. The zero-order valence-corrected chi connectivity index (χ0v) is 7.28. The summed E-state index contributed by atoms with van der Waals surface area (Å²) in [6, 6.07) is 0. The first kappa shape index (κ1) is 9.00. The largest absolute Gasteiger partial charge is 0.0651 e. The van der Waals surface area contributed by atoms with Crippen molar-refractivity contribution in [3.63, 3.8) is 0 Å². The van der Waals surface area contributed by atoms with Crippen LogP contribution in [0.4, 0.5) is 0 Å². The molecule has 0 fully saturated rings. The Balaban J connectivity index is 3.22. The second-order valence-corrected chi connectivity index (χ2v) is 3.26. The van der Waals surface area contributed by atoms with E-state index in [1.54, 1.807) is 0 Å². The molecule has 9 heavy (non-hydrogen) atoms. The monoisotopic (exact) mass is 128 g/mol. The molecule has 2 atom stereocenters. The maximum atomic E-state index is 2.34. The van der Waals surface area contributed by atoms with Gasteiger partial charge in [0.2, 0.25) is 0 Å². The third-order valence-corrected chi connectivity index (χ3v) is 2.20. The van der Waals surface area contributed by atoms with E-state index in [0.29, 0.717) is 0 Å². The molecule has 0 unspecified atom stereocenters. The third-order valence-electron chi connectivity index (χ3n) is 2.20. The Morgan fingerprint density at radius 2 is 1.22 bits per heavy atom. The van der Waals surface area contributed by atoms with Gasteiger partial charge in [0.15, 0.2) is 0 Å². The summed E-state index contributed by atoms with van der Waals surface area (Å²) in [5.74, 6) is 1.86. The predicted molar refractivity (Wildman–Crippen MR) is 43.5 cm³/mol. The van der Waals surface area contributed by atoms with Crippen LogP contribution in [0.25, 0.3) is 0 Å². The van der Waals surface area contributed by atoms with Crippen LogP contribution < -0.4 is 0 Å². The summed E-state index contributed by atoms with van der Waals surface area (Å²) >= 11 is 0. The molecule has 56 valence electrons. The number of hydrogen-bond donors (Lipinski definition) is 0. The van der Waals surface area contributed by atoms with Crippen LogP contribution in [0.1, 0.15) is 47.0 Å². The van der Waals surface area contributed by atoms with Gasteiger partial charge in [-0.1, -0.05) is 40.5 Å². The van der Waals surface area contributed by atoms with Crippen molar-refractivity contribution in [1.29, 1.82) is 0 Å². The standard InChI is InChI=1S/C9H20/c1-5-8(3)7-9(4)6-2/h8-9H,5-7H2,1-4H3/t8-,9-/m0/s1. The third kappa shape index (κ3) is 4.50. The summed E-state index contributed by atoms with van der Waals surface area (Å²) in [6.45, 7) is 9.22. The highest BCUT2D eigenvalue weighted by molar-refractivity contribution is 4.55. The molecule has 0 saturated heterocycles. The van der Waals surface area contributed by atoms with Gasteiger partial charge in [0.05, 0.1) is 0 Å². The molecule has 0 heterocycles. The number of hydrogen-bond acceptors (Lipinski definition) is 0. The normalized spacial score (nSPS) is 17.3. The van der Waals surface area contributed by atoms with Gasteiger partial charge in [-0.3, -0.25) is 0 Å². The van der Waals surface area contributed by atoms with Crippen molar-refractivity contribution in [2.45, 2.75) is 47.0 Å². The summed E-state index contributed by atoms with van der Waals surface area (Å²) in [5, 5.41) is 0. The van der Waals surface area contributed by atoms with Crippen LogP contribution in [-0.4, -0.2) is 0 Å². The highest BCUT2D eigenvalue weighted by Gasteiger charge is 2.03. The lowest BCUT2D eigenvalue weighted by atomic mass is 9.94. The Morgan fingerprint density at radius 3 is 1.44 bits per heavy atom. The van der Waals surface area contributed by atoms with Gasteiger partial charge in [-0.15, -0.1) is 0 Å². The predicted octanol–water partition coefficient (Wildman–Crippen LogP) is 3.47. The van der Waals surface area contributed by atoms with Crippen LogP contribution in [-0.2, 0) is 0 Å². The maximum Gasteiger partial charge on any atom is -0.0443 e. The SMILES string of the molecule is CC[C@H](C)C[C@@H](C)CC. The molecule has 0 radical (unpaired) electrons. The van der Waals surface area contributed by atoms with Gasteiger partial charge >= 0.3 is 0 Å². The van der Waals surface area contributed by atoms with E-state index in [2.05, 4.69) is 27.7 Å². The van der Waals surface area contributed by atoms with Crippen molar-refractivity contribution in [2.75, 3.05) is 0 Å². The van der Waals surface area contributed by atoms with Crippen molar-refractivity contribution in [3.8, 4) is 0 Å². The minimum Gasteiger partial charge on any atom is -0.0651 e. The van der Waals surface area contributed by atoms with E-state index < -0.39 is 0 Å². The van der Waals surface area contributed by atoms with Gasteiger partial charge in [-0.2, -0.15) is 0 Å². The van der Waals surface area contributed by atoms with Crippen LogP contribution in [0.15, 0.2) is 0 Å². The molecular weight excluding hydrogens is 108 g/mol. The van der Waals surface area contributed by atoms with E-state index >= 15 is 0 Å². The van der Waals surface area contributed by atoms with E-state index in [1.165, 1.54) is 19.3 Å². The first-order valence-corrected chi connectivity index (χ1v) is 4.20. The molecule has 0 heteroatoms. The molecule has 0 aliphatic heterocycles. The first-order chi connectivity index (χ1) is 4.20. The molecule has 0 nitrogen and oxygen atoms in total. The van der Waals surface area contributed by atoms with Gasteiger partial charge in [0, 0.05) is 0 Å². The lowest BCUT2D eigenvalue weighted by Crippen LogP contribution is -2.00. The van der Waals surface area contributed by atoms with Gasteiger partial charge in [-0.05, 0) is 18.3 Å². The van der Waals surface area contributed by atoms with Crippen LogP contribution in [0.3, 0.4) is 0 Å². The second-order valence-electron chi connectivity index (χ2n) is 3.26. The van der Waals surface area contributed by atoms with Crippen LogP contribution in [0.2, 0.25) is 0 Å². The van der Waals surface area contributed by atoms with Gasteiger partial charge in [0.1, 0.15) is 0 Å². The topological polar surface area (TPSA) is 0 Å². The fraction of sp³-hybridized carbons (Fsp3) is 1.00. The lowest BCUT2D eigenvalue weighted by Gasteiger charge is -2.12. The van der Waals surface area contributed by atoms with Crippen molar-refractivity contribution in [1.82, 2.24) is 0 Å². The quantitative estimate of drug-likeness (QED) is 0.544. The molecule has 0 rings (SSSR count). The van der Waals surface area contributed by atoms with Crippen molar-refractivity contribution in [2.24, 2.45) is 11.8 Å². The summed E-state index contributed by atoms with van der Waals surface area (Å²) in [6.07, 6.45) is 4.08. The van der Waals surface area contributed by atoms with Gasteiger partial charge in [-0.25, -0.2) is 0 Å². The molecule has 0 spiro atoms. The highest BCUT2D eigenvalue weighted by Crippen LogP contribution is 2.16. The van der Waals surface area contributed by atoms with Crippen molar-refractivity contribution >= 4 is 0 Å². The Kier molecular flexibility index (Phi) is 4.84. The molecule has 0 aromatic heterocycles. The second kappa shape index (κ2) is 4.84. The van der Waals surface area contributed by atoms with Crippen LogP contribution in [0, 0.1) is 11.8 Å². The summed E-state index contributed by atoms with van der Waals surface area (Å²) in [7, 11) is 0. The van der Waals surface area contributed by atoms with E-state index in [0.717, 1.165) is 11.8 Å². The van der Waals surface area contributed by atoms with Gasteiger partial charge < -0.3 is 0 Å². The highest BCUT2D eigenvalue weighted by atomic mass is 14.1. The first-order valence-electron chi connectivity index (χ1n) is 4.20. The molecule has 0 aromatic rings. The van der Waals surface area contributed by atoms with E-state index in [9.17, 15) is 0 Å². The minimum absolute atomic E-state index is 0.931. The molecule has 0 aromatic carbocycles. The van der Waals surface area contributed by atoms with E-state index in [-0.39, 0.29) is 0 Å². The smallest absolute Gasteiger partial charge is 0.0443 e. The average Bonchev–Trinajstić information content (AvgIpc) is 1.87. The number of rotatable bonds is 4. The van der Waals surface area contributed by atoms with Crippen LogP contribution >= 0.6 is 0 Å². The molecule has 0 bridgehead atoms. The van der Waals surface area contributed by atoms with Gasteiger partial charge in [0.25, 0.3) is 0 Å². The molecule has 0 N–H and O–H groups in total. The summed E-state index contributed by atoms with van der Waals surface area (Å²) < 4.78 is 0. The van der Waals surface area contributed by atoms with E-state index in [4.69, 9.17) is 0 Å². The molecule has 0 amide bonds. The molecular formula is C9H20. The fourth-order valence-corrected chi connectivity index (χ4v) is 1.02. The molecule has 0 aliphatic carbocycles. The average molecular weight is 128 g/mol. The minimum atomic E-state index is 0.931. The Morgan fingerprint density at radius 1 is 0.889 bits per heavy atom. The summed E-state index contributed by atoms with van der Waals surface area (Å²) in [4.78, 5) is 0. The zero-order valence-electron chi connectivity index (χ0n) is 7.28. The Bertz CT molecular complexity index is 49.1. The maximum absolute atomic E-state index is 2.34. The molecule has 0 aliphatic rings. The van der Waals surface area contributed by atoms with Crippen molar-refractivity contribution < 1.29 is 0 Å². The van der Waals surface area contributed by atoms with Crippen molar-refractivity contribution in [3.05, 3.63) is 0 Å². The fourth-order valence-electron chi connectivity index (χ4n) is 1.02. The zero-order chi connectivity index (χ0) is 7.28. The Labute approximate surface area is 59.7 Å². The summed E-state index contributed by atoms with van der Waals surface area (Å²) in [5.41, 5.74) is 0. The van der Waals surface area contributed by atoms with E-state index in [1.807, 2.05) is 0 Å². The Hall–Kier alpha value is 0. The molecule has 0 saturated carbocycles.